The van der Waals surface area contributed by atoms with E-state index in [9.17, 15) is 8.42 Å². The number of sulfonamides is 1. The number of rotatable bonds is 8. The average Bonchev–Trinajstić information content (AvgIpc) is 3.35. The minimum Gasteiger partial charge on any atom is -0.494 e. The molecule has 2 aromatic heterocycles. The number of pyridine rings is 1. The lowest BCUT2D eigenvalue weighted by molar-refractivity contribution is 0.309. The molecule has 3 aromatic rings. The van der Waals surface area contributed by atoms with Crippen molar-refractivity contribution in [3.05, 3.63) is 48.4 Å². The molecule has 160 valence electrons. The highest BCUT2D eigenvalue weighted by Crippen LogP contribution is 2.28. The van der Waals surface area contributed by atoms with Crippen LogP contribution in [0.1, 0.15) is 32.0 Å². The number of fused-ring (bicyclic) bond motifs is 1. The first-order valence-corrected chi connectivity index (χ1v) is 11.9. The lowest BCUT2D eigenvalue weighted by atomic mass is 10.1. The van der Waals surface area contributed by atoms with Gasteiger partial charge in [0.05, 0.1) is 11.5 Å². The van der Waals surface area contributed by atoms with E-state index in [2.05, 4.69) is 16.9 Å². The van der Waals surface area contributed by atoms with E-state index >= 15 is 0 Å². The van der Waals surface area contributed by atoms with Crippen LogP contribution in [0.2, 0.25) is 0 Å². The molecule has 4 rings (SSSR count). The van der Waals surface area contributed by atoms with Gasteiger partial charge in [0.1, 0.15) is 17.1 Å². The monoisotopic (exact) mass is 428 g/mol. The third kappa shape index (κ3) is 4.20. The first-order chi connectivity index (χ1) is 14.5. The van der Waals surface area contributed by atoms with Gasteiger partial charge >= 0.3 is 0 Å². The summed E-state index contributed by atoms with van der Waals surface area (Å²) in [5.41, 5.74) is 1.73. The van der Waals surface area contributed by atoms with E-state index in [1.54, 1.807) is 34.8 Å². The Kier molecular flexibility index (Phi) is 6.06. The fourth-order valence-electron chi connectivity index (χ4n) is 3.88. The van der Waals surface area contributed by atoms with E-state index in [0.717, 1.165) is 42.7 Å². The zero-order chi connectivity index (χ0) is 21.1. The quantitative estimate of drug-likeness (QED) is 0.514. The van der Waals surface area contributed by atoms with Crippen LogP contribution in [0.5, 0.6) is 5.75 Å². The number of aryl methyl sites for hydroxylation is 1. The van der Waals surface area contributed by atoms with Crippen LogP contribution in [-0.4, -0.2) is 47.0 Å². The highest BCUT2D eigenvalue weighted by molar-refractivity contribution is 7.89. The second-order valence-electron chi connectivity index (χ2n) is 7.83. The summed E-state index contributed by atoms with van der Waals surface area (Å²) in [6.45, 7) is 3.79. The second-order valence-corrected chi connectivity index (χ2v) is 9.77. The van der Waals surface area contributed by atoms with Crippen molar-refractivity contribution in [2.75, 3.05) is 19.7 Å². The van der Waals surface area contributed by atoms with E-state index < -0.39 is 10.0 Å². The molecule has 1 atom stereocenters. The summed E-state index contributed by atoms with van der Waals surface area (Å²) in [7, 11) is -1.54. The molecule has 30 heavy (non-hydrogen) atoms. The van der Waals surface area contributed by atoms with Gasteiger partial charge in [0.25, 0.3) is 0 Å². The van der Waals surface area contributed by atoms with Gasteiger partial charge in [-0.1, -0.05) is 13.3 Å². The Labute approximate surface area is 177 Å². The van der Waals surface area contributed by atoms with Gasteiger partial charge in [0.2, 0.25) is 10.0 Å². The van der Waals surface area contributed by atoms with Crippen LogP contribution in [0, 0.1) is 5.92 Å². The average molecular weight is 429 g/mol. The number of imidazole rings is 1. The molecule has 0 saturated carbocycles. The Hall–Kier alpha value is -2.45. The minimum atomic E-state index is -3.50. The van der Waals surface area contributed by atoms with E-state index in [4.69, 9.17) is 4.74 Å². The van der Waals surface area contributed by atoms with Crippen LogP contribution in [0.15, 0.2) is 47.5 Å². The van der Waals surface area contributed by atoms with Crippen LogP contribution in [0.4, 0.5) is 0 Å². The minimum absolute atomic E-state index is 0.243. The zero-order valence-electron chi connectivity index (χ0n) is 17.5. The SMILES string of the molecule is CCCCOc1ccc(S(=O)(=O)N2CCC(Cc3nc4cccnc4n3C)C2)cc1. The van der Waals surface area contributed by atoms with Crippen LogP contribution in [-0.2, 0) is 23.5 Å². The Morgan fingerprint density at radius 1 is 1.20 bits per heavy atom. The molecule has 1 aliphatic heterocycles. The van der Waals surface area contributed by atoms with Crippen molar-refractivity contribution < 1.29 is 13.2 Å². The molecule has 7 nitrogen and oxygen atoms in total. The largest absolute Gasteiger partial charge is 0.494 e. The fraction of sp³-hybridized carbons (Fsp3) is 0.455. The molecule has 0 N–H and O–H groups in total. The molecule has 0 aliphatic carbocycles. The van der Waals surface area contributed by atoms with Gasteiger partial charge in [-0.3, -0.25) is 0 Å². The van der Waals surface area contributed by atoms with Crippen molar-refractivity contribution >= 4 is 21.2 Å². The molecule has 0 radical (unpaired) electrons. The smallest absolute Gasteiger partial charge is 0.243 e. The van der Waals surface area contributed by atoms with Gasteiger partial charge in [-0.05, 0) is 55.2 Å². The zero-order valence-corrected chi connectivity index (χ0v) is 18.3. The summed E-state index contributed by atoms with van der Waals surface area (Å²) >= 11 is 0. The molecular weight excluding hydrogens is 400 g/mol. The second kappa shape index (κ2) is 8.73. The predicted molar refractivity (Wildman–Crippen MR) is 116 cm³/mol. The maximum atomic E-state index is 13.1. The lowest BCUT2D eigenvalue weighted by Crippen LogP contribution is -2.29. The molecule has 1 aliphatic rings. The van der Waals surface area contributed by atoms with Crippen molar-refractivity contribution in [3.8, 4) is 5.75 Å². The summed E-state index contributed by atoms with van der Waals surface area (Å²) in [5, 5.41) is 0. The van der Waals surface area contributed by atoms with Gasteiger partial charge in [-0.2, -0.15) is 4.31 Å². The Morgan fingerprint density at radius 2 is 2.00 bits per heavy atom. The van der Waals surface area contributed by atoms with E-state index in [1.807, 2.05) is 23.7 Å². The predicted octanol–water partition coefficient (Wildman–Crippen LogP) is 3.40. The first-order valence-electron chi connectivity index (χ1n) is 10.5. The molecule has 8 heteroatoms. The van der Waals surface area contributed by atoms with E-state index in [-0.39, 0.29) is 5.92 Å². The molecule has 1 saturated heterocycles. The molecule has 0 spiro atoms. The third-order valence-corrected chi connectivity index (χ3v) is 7.55. The maximum Gasteiger partial charge on any atom is 0.243 e. The van der Waals surface area contributed by atoms with Crippen LogP contribution in [0.3, 0.4) is 0 Å². The fourth-order valence-corrected chi connectivity index (χ4v) is 5.42. The molecule has 0 bridgehead atoms. The molecule has 0 amide bonds. The number of hydrogen-bond donors (Lipinski definition) is 0. The number of nitrogens with zero attached hydrogens (tertiary/aromatic N) is 4. The molecule has 1 unspecified atom stereocenters. The van der Waals surface area contributed by atoms with Gasteiger partial charge in [0.15, 0.2) is 5.65 Å². The van der Waals surface area contributed by atoms with Crippen molar-refractivity contribution in [1.29, 1.82) is 0 Å². The summed E-state index contributed by atoms with van der Waals surface area (Å²) < 4.78 is 35.4. The maximum absolute atomic E-state index is 13.1. The Morgan fingerprint density at radius 3 is 2.73 bits per heavy atom. The van der Waals surface area contributed by atoms with Crippen LogP contribution < -0.4 is 4.74 Å². The van der Waals surface area contributed by atoms with Crippen LogP contribution >= 0.6 is 0 Å². The first kappa shape index (κ1) is 20.8. The Balaban J connectivity index is 1.42. The third-order valence-electron chi connectivity index (χ3n) is 5.67. The van der Waals surface area contributed by atoms with Crippen LogP contribution in [0.25, 0.3) is 11.2 Å². The topological polar surface area (TPSA) is 77.3 Å². The Bertz CT molecular complexity index is 1110. The molecular formula is C22H28N4O3S. The van der Waals surface area contributed by atoms with Gasteiger partial charge in [-0.25, -0.2) is 18.4 Å². The number of unbranched alkanes of at least 4 members (excludes halogenated alkanes) is 1. The number of ether oxygens (including phenoxy) is 1. The normalized spacial score (nSPS) is 17.6. The molecule has 1 aromatic carbocycles. The standard InChI is InChI=1S/C22H28N4O3S/c1-3-4-14-29-18-7-9-19(10-8-18)30(27,28)26-13-11-17(16-26)15-21-24-20-6-5-12-23-22(20)25(21)2/h5-10,12,17H,3-4,11,13-16H2,1-2H3. The van der Waals surface area contributed by atoms with Gasteiger partial charge in [0, 0.05) is 32.8 Å². The highest BCUT2D eigenvalue weighted by Gasteiger charge is 2.33. The van der Waals surface area contributed by atoms with Gasteiger partial charge in [-0.15, -0.1) is 0 Å². The highest BCUT2D eigenvalue weighted by atomic mass is 32.2. The molecule has 3 heterocycles. The van der Waals surface area contributed by atoms with Crippen molar-refractivity contribution in [2.24, 2.45) is 13.0 Å². The van der Waals surface area contributed by atoms with E-state index in [1.165, 1.54) is 0 Å². The van der Waals surface area contributed by atoms with Crippen molar-refractivity contribution in [3.63, 3.8) is 0 Å². The number of hydrogen-bond acceptors (Lipinski definition) is 5. The summed E-state index contributed by atoms with van der Waals surface area (Å²) in [4.78, 5) is 9.38. The lowest BCUT2D eigenvalue weighted by Gasteiger charge is -2.17. The molecule has 1 fully saturated rings. The summed E-state index contributed by atoms with van der Waals surface area (Å²) in [5.74, 6) is 1.89. The summed E-state index contributed by atoms with van der Waals surface area (Å²) in [6, 6.07) is 10.6. The number of benzene rings is 1. The van der Waals surface area contributed by atoms with Crippen molar-refractivity contribution in [1.82, 2.24) is 18.8 Å². The summed E-state index contributed by atoms with van der Waals surface area (Å²) in [6.07, 6.45) is 5.37. The van der Waals surface area contributed by atoms with Crippen molar-refractivity contribution in [2.45, 2.75) is 37.5 Å². The van der Waals surface area contributed by atoms with E-state index in [0.29, 0.717) is 30.3 Å². The van der Waals surface area contributed by atoms with Gasteiger partial charge < -0.3 is 9.30 Å². The number of aromatic nitrogens is 3.